The number of hydrogen-bond donors (Lipinski definition) is 1. The zero-order valence-corrected chi connectivity index (χ0v) is 12.8. The van der Waals surface area contributed by atoms with E-state index in [1.165, 1.54) is 6.07 Å². The maximum absolute atomic E-state index is 13.7. The molecule has 0 aromatic heterocycles. The molecule has 0 spiro atoms. The molecule has 0 aliphatic heterocycles. The van der Waals surface area contributed by atoms with Crippen LogP contribution in [0, 0.1) is 11.7 Å². The van der Waals surface area contributed by atoms with E-state index in [9.17, 15) is 9.18 Å². The van der Waals surface area contributed by atoms with E-state index in [0.717, 1.165) is 12.8 Å². The molecule has 3 nitrogen and oxygen atoms in total. The van der Waals surface area contributed by atoms with Crippen LogP contribution in [-0.4, -0.2) is 30.4 Å². The van der Waals surface area contributed by atoms with Crippen molar-refractivity contribution in [3.63, 3.8) is 0 Å². The lowest BCUT2D eigenvalue weighted by molar-refractivity contribution is -0.136. The molecule has 1 aromatic carbocycles. The summed E-state index contributed by atoms with van der Waals surface area (Å²) < 4.78 is 13.7. The lowest BCUT2D eigenvalue weighted by Crippen LogP contribution is -2.39. The lowest BCUT2D eigenvalue weighted by atomic mass is 10.1. The highest BCUT2D eigenvalue weighted by Crippen LogP contribution is 2.30. The van der Waals surface area contributed by atoms with Gasteiger partial charge in [0.25, 0.3) is 0 Å². The Morgan fingerprint density at radius 1 is 1.45 bits per heavy atom. The minimum absolute atomic E-state index is 0. The van der Waals surface area contributed by atoms with Gasteiger partial charge < -0.3 is 10.2 Å². The van der Waals surface area contributed by atoms with Crippen LogP contribution in [0.5, 0.6) is 0 Å². The van der Waals surface area contributed by atoms with Gasteiger partial charge in [-0.05, 0) is 26.0 Å². The SMILES string of the molecule is CNCC(C)C(=O)N(Cc1ccccc1F)C1CC1.Cl. The molecule has 1 aromatic rings. The van der Waals surface area contributed by atoms with E-state index in [4.69, 9.17) is 0 Å². The fourth-order valence-electron chi connectivity index (χ4n) is 2.26. The van der Waals surface area contributed by atoms with Crippen molar-refractivity contribution < 1.29 is 9.18 Å². The van der Waals surface area contributed by atoms with Crippen LogP contribution in [-0.2, 0) is 11.3 Å². The average molecular weight is 301 g/mol. The van der Waals surface area contributed by atoms with Crippen LogP contribution < -0.4 is 5.32 Å². The zero-order chi connectivity index (χ0) is 13.8. The second-order valence-electron chi connectivity index (χ2n) is 5.25. The summed E-state index contributed by atoms with van der Waals surface area (Å²) in [6.07, 6.45) is 2.07. The molecule has 0 bridgehead atoms. The van der Waals surface area contributed by atoms with Crippen molar-refractivity contribution in [3.05, 3.63) is 35.6 Å². The molecule has 5 heteroatoms. The van der Waals surface area contributed by atoms with E-state index >= 15 is 0 Å². The summed E-state index contributed by atoms with van der Waals surface area (Å²) in [7, 11) is 1.84. The maximum atomic E-state index is 13.7. The largest absolute Gasteiger partial charge is 0.335 e. The Balaban J connectivity index is 0.00000200. The van der Waals surface area contributed by atoms with Gasteiger partial charge in [0.15, 0.2) is 0 Å². The molecule has 112 valence electrons. The minimum Gasteiger partial charge on any atom is -0.335 e. The van der Waals surface area contributed by atoms with Crippen molar-refractivity contribution in [2.24, 2.45) is 5.92 Å². The van der Waals surface area contributed by atoms with Crippen molar-refractivity contribution in [3.8, 4) is 0 Å². The van der Waals surface area contributed by atoms with E-state index in [2.05, 4.69) is 5.32 Å². The molecule has 1 fully saturated rings. The quantitative estimate of drug-likeness (QED) is 0.876. The van der Waals surface area contributed by atoms with Crippen LogP contribution in [0.15, 0.2) is 24.3 Å². The number of nitrogens with one attached hydrogen (secondary N) is 1. The molecule has 0 heterocycles. The van der Waals surface area contributed by atoms with Crippen molar-refractivity contribution in [2.45, 2.75) is 32.4 Å². The van der Waals surface area contributed by atoms with Gasteiger partial charge in [0, 0.05) is 30.6 Å². The van der Waals surface area contributed by atoms with Gasteiger partial charge in [-0.25, -0.2) is 4.39 Å². The van der Waals surface area contributed by atoms with Crippen LogP contribution in [0.3, 0.4) is 0 Å². The monoisotopic (exact) mass is 300 g/mol. The van der Waals surface area contributed by atoms with Gasteiger partial charge in [-0.2, -0.15) is 0 Å². The fraction of sp³-hybridized carbons (Fsp3) is 0.533. The van der Waals surface area contributed by atoms with E-state index < -0.39 is 0 Å². The molecule has 1 aliphatic carbocycles. The summed E-state index contributed by atoms with van der Waals surface area (Å²) in [6, 6.07) is 6.98. The molecule has 0 radical (unpaired) electrons. The molecule has 1 amide bonds. The molecular formula is C15H22ClFN2O. The van der Waals surface area contributed by atoms with Crippen molar-refractivity contribution in [1.82, 2.24) is 10.2 Å². The Labute approximate surface area is 125 Å². The second kappa shape index (κ2) is 7.60. The van der Waals surface area contributed by atoms with Gasteiger partial charge in [-0.15, -0.1) is 12.4 Å². The van der Waals surface area contributed by atoms with Crippen LogP contribution >= 0.6 is 12.4 Å². The Hall–Kier alpha value is -1.13. The Morgan fingerprint density at radius 3 is 2.65 bits per heavy atom. The van der Waals surface area contributed by atoms with Gasteiger partial charge in [0.05, 0.1) is 0 Å². The summed E-state index contributed by atoms with van der Waals surface area (Å²) >= 11 is 0. The lowest BCUT2D eigenvalue weighted by Gasteiger charge is -2.26. The van der Waals surface area contributed by atoms with E-state index in [1.807, 2.05) is 24.9 Å². The van der Waals surface area contributed by atoms with Crippen LogP contribution in [0.1, 0.15) is 25.3 Å². The van der Waals surface area contributed by atoms with Crippen LogP contribution in [0.25, 0.3) is 0 Å². The molecule has 1 atom stereocenters. The Morgan fingerprint density at radius 2 is 2.10 bits per heavy atom. The number of hydrogen-bond acceptors (Lipinski definition) is 2. The molecule has 1 aliphatic rings. The van der Waals surface area contributed by atoms with Gasteiger partial charge in [0.2, 0.25) is 5.91 Å². The highest BCUT2D eigenvalue weighted by Gasteiger charge is 2.34. The minimum atomic E-state index is -0.234. The first-order valence-corrected chi connectivity index (χ1v) is 6.82. The van der Waals surface area contributed by atoms with Crippen molar-refractivity contribution >= 4 is 18.3 Å². The predicted octanol–water partition coefficient (Wildman–Crippen LogP) is 2.59. The number of carbonyl (C=O) groups excluding carboxylic acids is 1. The average Bonchev–Trinajstić information content (AvgIpc) is 3.21. The van der Waals surface area contributed by atoms with Crippen molar-refractivity contribution in [1.29, 1.82) is 0 Å². The molecule has 2 rings (SSSR count). The number of rotatable bonds is 6. The fourth-order valence-corrected chi connectivity index (χ4v) is 2.26. The highest BCUT2D eigenvalue weighted by molar-refractivity contribution is 5.85. The van der Waals surface area contributed by atoms with Crippen molar-refractivity contribution in [2.75, 3.05) is 13.6 Å². The predicted molar refractivity (Wildman–Crippen MR) is 80.3 cm³/mol. The van der Waals surface area contributed by atoms with Gasteiger partial charge in [-0.1, -0.05) is 25.1 Å². The van der Waals surface area contributed by atoms with Gasteiger partial charge in [0.1, 0.15) is 5.82 Å². The maximum Gasteiger partial charge on any atom is 0.227 e. The first kappa shape index (κ1) is 16.9. The van der Waals surface area contributed by atoms with Crippen LogP contribution in [0.2, 0.25) is 0 Å². The second-order valence-corrected chi connectivity index (χ2v) is 5.25. The number of benzene rings is 1. The smallest absolute Gasteiger partial charge is 0.227 e. The van der Waals surface area contributed by atoms with Gasteiger partial charge >= 0.3 is 0 Å². The number of amides is 1. The highest BCUT2D eigenvalue weighted by atomic mass is 35.5. The first-order valence-electron chi connectivity index (χ1n) is 6.82. The molecule has 1 unspecified atom stereocenters. The summed E-state index contributed by atoms with van der Waals surface area (Å²) in [6.45, 7) is 2.94. The van der Waals surface area contributed by atoms with Gasteiger partial charge in [-0.3, -0.25) is 4.79 Å². The Kier molecular flexibility index (Phi) is 6.43. The summed E-state index contributed by atoms with van der Waals surface area (Å²) in [5, 5.41) is 3.02. The summed E-state index contributed by atoms with van der Waals surface area (Å²) in [5.41, 5.74) is 0.597. The number of halogens is 2. The third-order valence-corrected chi connectivity index (χ3v) is 3.50. The standard InChI is InChI=1S/C15H21FN2O.ClH/c1-11(9-17-2)15(19)18(13-7-8-13)10-12-5-3-4-6-14(12)16;/h3-6,11,13,17H,7-10H2,1-2H3;1H. The van der Waals surface area contributed by atoms with E-state index in [0.29, 0.717) is 24.7 Å². The third kappa shape index (κ3) is 4.18. The molecule has 0 saturated heterocycles. The topological polar surface area (TPSA) is 32.3 Å². The van der Waals surface area contributed by atoms with Crippen LogP contribution in [0.4, 0.5) is 4.39 Å². The van der Waals surface area contributed by atoms with E-state index in [1.54, 1.807) is 12.1 Å². The summed E-state index contributed by atoms with van der Waals surface area (Å²) in [5.74, 6) is -0.195. The third-order valence-electron chi connectivity index (χ3n) is 3.50. The molecular weight excluding hydrogens is 279 g/mol. The first-order chi connectivity index (χ1) is 9.13. The molecule has 1 saturated carbocycles. The zero-order valence-electron chi connectivity index (χ0n) is 11.9. The molecule has 20 heavy (non-hydrogen) atoms. The van der Waals surface area contributed by atoms with E-state index in [-0.39, 0.29) is 30.0 Å². The number of carbonyl (C=O) groups is 1. The Bertz CT molecular complexity index is 451. The molecule has 1 N–H and O–H groups in total. The normalized spacial score (nSPS) is 15.3. The number of nitrogens with zero attached hydrogens (tertiary/aromatic N) is 1. The summed E-state index contributed by atoms with van der Waals surface area (Å²) in [4.78, 5) is 14.2.